The van der Waals surface area contributed by atoms with Gasteiger partial charge in [-0.2, -0.15) is 0 Å². The van der Waals surface area contributed by atoms with E-state index in [1.54, 1.807) is 17.4 Å². The Bertz CT molecular complexity index is 1650. The van der Waals surface area contributed by atoms with Crippen LogP contribution in [0.4, 0.5) is 0 Å². The number of phenols is 1. The standard InChI is InChI=1S/C26H19IN2O3S2/c1-32-19-12-14(11-18(27)24(19)30)13-21-25(31)29-23(20-7-4-10-33-20)17-9-8-15-5-2-3-6-16(15)22(17)28-26(29)34-21/h2-7,10-13,23,30H,8-9H2,1H3. The first-order valence-electron chi connectivity index (χ1n) is 10.8. The number of aromatic hydroxyl groups is 1. The maximum atomic E-state index is 13.7. The van der Waals surface area contributed by atoms with Crippen LogP contribution in [0.5, 0.6) is 11.5 Å². The largest absolute Gasteiger partial charge is 0.504 e. The molecule has 0 saturated heterocycles. The number of aryl methyl sites for hydroxylation is 1. The van der Waals surface area contributed by atoms with Crippen molar-refractivity contribution in [3.63, 3.8) is 0 Å². The number of fused-ring (bicyclic) bond motifs is 3. The molecule has 0 spiro atoms. The fourth-order valence-corrected chi connectivity index (χ4v) is 7.18. The highest BCUT2D eigenvalue weighted by atomic mass is 127. The van der Waals surface area contributed by atoms with Crippen molar-refractivity contribution in [2.24, 2.45) is 4.99 Å². The molecule has 34 heavy (non-hydrogen) atoms. The highest BCUT2D eigenvalue weighted by molar-refractivity contribution is 14.1. The molecule has 2 aromatic carbocycles. The smallest absolute Gasteiger partial charge is 0.271 e. The second-order valence-electron chi connectivity index (χ2n) is 8.18. The number of hydrogen-bond donors (Lipinski definition) is 1. The average molecular weight is 598 g/mol. The van der Waals surface area contributed by atoms with Gasteiger partial charge >= 0.3 is 0 Å². The van der Waals surface area contributed by atoms with Crippen molar-refractivity contribution in [2.75, 3.05) is 7.11 Å². The molecule has 5 nitrogen and oxygen atoms in total. The van der Waals surface area contributed by atoms with Gasteiger partial charge in [-0.3, -0.25) is 9.36 Å². The third-order valence-corrected chi connectivity index (χ3v) is 8.98. The van der Waals surface area contributed by atoms with Gasteiger partial charge in [-0.1, -0.05) is 41.7 Å². The van der Waals surface area contributed by atoms with Gasteiger partial charge in [-0.15, -0.1) is 11.3 Å². The van der Waals surface area contributed by atoms with Crippen LogP contribution in [0.1, 0.15) is 34.0 Å². The topological polar surface area (TPSA) is 63.8 Å². The number of phenolic OH excluding ortho intramolecular Hbond substituents is 1. The number of thiophene rings is 1. The van der Waals surface area contributed by atoms with Gasteiger partial charge < -0.3 is 9.84 Å². The summed E-state index contributed by atoms with van der Waals surface area (Å²) in [6, 6.07) is 16.0. The summed E-state index contributed by atoms with van der Waals surface area (Å²) < 4.78 is 8.43. The molecule has 4 aromatic rings. The number of allylic oxidation sites excluding steroid dienone is 1. The summed E-state index contributed by atoms with van der Waals surface area (Å²) in [5.74, 6) is 0.486. The van der Waals surface area contributed by atoms with Gasteiger partial charge in [0.15, 0.2) is 16.3 Å². The summed E-state index contributed by atoms with van der Waals surface area (Å²) in [4.78, 5) is 20.6. The van der Waals surface area contributed by atoms with E-state index in [1.165, 1.54) is 35.1 Å². The molecule has 1 unspecified atom stereocenters. The maximum Gasteiger partial charge on any atom is 0.271 e. The van der Waals surface area contributed by atoms with Crippen molar-refractivity contribution in [3.8, 4) is 11.5 Å². The molecule has 2 aliphatic rings. The molecular weight excluding hydrogens is 579 g/mol. The molecule has 0 amide bonds. The lowest BCUT2D eigenvalue weighted by Crippen LogP contribution is -2.38. The first-order valence-corrected chi connectivity index (χ1v) is 13.6. The molecule has 0 fully saturated rings. The quantitative estimate of drug-likeness (QED) is 0.348. The van der Waals surface area contributed by atoms with Crippen LogP contribution < -0.4 is 19.6 Å². The lowest BCUT2D eigenvalue weighted by Gasteiger charge is -2.30. The predicted octanol–water partition coefficient (Wildman–Crippen LogP) is 4.70. The molecule has 0 radical (unpaired) electrons. The summed E-state index contributed by atoms with van der Waals surface area (Å²) in [5, 5.41) is 12.2. The van der Waals surface area contributed by atoms with Gasteiger partial charge in [-0.05, 0) is 81.8 Å². The monoisotopic (exact) mass is 598 g/mol. The zero-order valence-electron chi connectivity index (χ0n) is 18.1. The Morgan fingerprint density at radius 2 is 2.06 bits per heavy atom. The predicted molar refractivity (Wildman–Crippen MR) is 144 cm³/mol. The van der Waals surface area contributed by atoms with Crippen molar-refractivity contribution < 1.29 is 9.84 Å². The van der Waals surface area contributed by atoms with Gasteiger partial charge in [0.1, 0.15) is 0 Å². The summed E-state index contributed by atoms with van der Waals surface area (Å²) in [6.07, 6.45) is 3.69. The van der Waals surface area contributed by atoms with E-state index < -0.39 is 0 Å². The molecular formula is C26H19IN2O3S2. The van der Waals surface area contributed by atoms with Gasteiger partial charge in [0.2, 0.25) is 0 Å². The normalized spacial score (nSPS) is 17.1. The first kappa shape index (κ1) is 21.8. The van der Waals surface area contributed by atoms with Crippen LogP contribution >= 0.6 is 45.3 Å². The Balaban J connectivity index is 1.60. The fourth-order valence-electron chi connectivity index (χ4n) is 4.70. The van der Waals surface area contributed by atoms with Crippen LogP contribution in [-0.4, -0.2) is 16.8 Å². The molecule has 1 aliphatic heterocycles. The third kappa shape index (κ3) is 3.47. The van der Waals surface area contributed by atoms with Crippen LogP contribution in [0.2, 0.25) is 0 Å². The Kier molecular flexibility index (Phi) is 5.46. The molecule has 3 heterocycles. The van der Waals surface area contributed by atoms with Gasteiger partial charge in [-0.25, -0.2) is 4.99 Å². The molecule has 1 aliphatic carbocycles. The second-order valence-corrected chi connectivity index (χ2v) is 11.3. The minimum atomic E-state index is -0.142. The molecule has 6 rings (SSSR count). The Morgan fingerprint density at radius 3 is 2.85 bits per heavy atom. The molecule has 0 saturated carbocycles. The van der Waals surface area contributed by atoms with E-state index in [0.29, 0.717) is 18.7 Å². The summed E-state index contributed by atoms with van der Waals surface area (Å²) in [7, 11) is 1.52. The lowest BCUT2D eigenvalue weighted by atomic mass is 9.85. The maximum absolute atomic E-state index is 13.7. The number of ether oxygens (including phenoxy) is 1. The van der Waals surface area contributed by atoms with Crippen molar-refractivity contribution >= 4 is 57.0 Å². The van der Waals surface area contributed by atoms with E-state index in [-0.39, 0.29) is 17.4 Å². The average Bonchev–Trinajstić information content (AvgIpc) is 3.48. The summed E-state index contributed by atoms with van der Waals surface area (Å²) >= 11 is 5.14. The summed E-state index contributed by atoms with van der Waals surface area (Å²) in [5.41, 5.74) is 5.44. The van der Waals surface area contributed by atoms with E-state index in [9.17, 15) is 9.90 Å². The van der Waals surface area contributed by atoms with Crippen molar-refractivity contribution in [1.82, 2.24) is 4.57 Å². The van der Waals surface area contributed by atoms with Crippen LogP contribution in [0.3, 0.4) is 0 Å². The first-order chi connectivity index (χ1) is 16.5. The van der Waals surface area contributed by atoms with E-state index in [4.69, 9.17) is 9.73 Å². The SMILES string of the molecule is COc1cc(C=c2sc3n(c2=O)C(c2cccs2)C2=C(N=3)c3ccccc3CC2)cc(I)c1O. The minimum Gasteiger partial charge on any atom is -0.504 e. The molecule has 1 N–H and O–H groups in total. The number of nitrogens with zero attached hydrogens (tertiary/aromatic N) is 2. The van der Waals surface area contributed by atoms with Crippen molar-refractivity contribution in [2.45, 2.75) is 18.9 Å². The van der Waals surface area contributed by atoms with Crippen LogP contribution in [-0.2, 0) is 6.42 Å². The van der Waals surface area contributed by atoms with Crippen LogP contribution in [0, 0.1) is 3.57 Å². The Hall–Kier alpha value is -2.69. The van der Waals surface area contributed by atoms with Crippen molar-refractivity contribution in [3.05, 3.63) is 104 Å². The Morgan fingerprint density at radius 1 is 1.21 bits per heavy atom. The number of methoxy groups -OCH3 is 1. The zero-order chi connectivity index (χ0) is 23.4. The lowest BCUT2D eigenvalue weighted by molar-refractivity contribution is 0.371. The minimum absolute atomic E-state index is 0.0467. The van der Waals surface area contributed by atoms with Crippen molar-refractivity contribution in [1.29, 1.82) is 0 Å². The van der Waals surface area contributed by atoms with E-state index >= 15 is 0 Å². The number of halogens is 1. The Labute approximate surface area is 217 Å². The van der Waals surface area contributed by atoms with Crippen LogP contribution in [0.15, 0.2) is 69.3 Å². The fraction of sp³-hybridized carbons (Fsp3) is 0.154. The van der Waals surface area contributed by atoms with E-state index in [0.717, 1.165) is 29.0 Å². The molecule has 8 heteroatoms. The van der Waals surface area contributed by atoms with Gasteiger partial charge in [0, 0.05) is 10.4 Å². The molecule has 170 valence electrons. The highest BCUT2D eigenvalue weighted by Crippen LogP contribution is 2.42. The number of benzene rings is 2. The molecule has 1 atom stereocenters. The molecule has 2 aromatic heterocycles. The highest BCUT2D eigenvalue weighted by Gasteiger charge is 2.33. The zero-order valence-corrected chi connectivity index (χ0v) is 21.9. The van der Waals surface area contributed by atoms with E-state index in [2.05, 4.69) is 58.3 Å². The van der Waals surface area contributed by atoms with Crippen LogP contribution in [0.25, 0.3) is 11.8 Å². The third-order valence-electron chi connectivity index (χ3n) is 6.25. The second kappa shape index (κ2) is 8.51. The number of aromatic nitrogens is 1. The van der Waals surface area contributed by atoms with Gasteiger partial charge in [0.25, 0.3) is 5.56 Å². The van der Waals surface area contributed by atoms with E-state index in [1.807, 2.05) is 22.8 Å². The number of thiazole rings is 1. The molecule has 0 bridgehead atoms. The van der Waals surface area contributed by atoms with Gasteiger partial charge in [0.05, 0.1) is 27.0 Å². The number of rotatable bonds is 3. The number of hydrogen-bond acceptors (Lipinski definition) is 6. The summed E-state index contributed by atoms with van der Waals surface area (Å²) in [6.45, 7) is 0.